The number of fused-ring (bicyclic) bond motifs is 2. The molecule has 1 aliphatic carbocycles. The summed E-state index contributed by atoms with van der Waals surface area (Å²) in [5.41, 5.74) is 4.68. The van der Waals surface area contributed by atoms with Crippen molar-refractivity contribution in [1.29, 1.82) is 0 Å². The third-order valence-corrected chi connectivity index (χ3v) is 12.4. The van der Waals surface area contributed by atoms with Crippen LogP contribution < -0.4 is 5.32 Å². The lowest BCUT2D eigenvalue weighted by Crippen LogP contribution is -2.26. The smallest absolute Gasteiger partial charge is 0.307 e. The molecule has 0 amide bonds. The van der Waals surface area contributed by atoms with E-state index in [0.717, 1.165) is 73.7 Å². The third kappa shape index (κ3) is 10.7. The fraction of sp³-hybridized carbons (Fsp3) is 0.458. The van der Waals surface area contributed by atoms with E-state index in [1.807, 2.05) is 48.3 Å². The average Bonchev–Trinajstić information content (AvgIpc) is 3.94. The van der Waals surface area contributed by atoms with Crippen molar-refractivity contribution in [2.45, 2.75) is 102 Å². The van der Waals surface area contributed by atoms with E-state index < -0.39 is 18.4 Å². The molecule has 2 fully saturated rings. The Morgan fingerprint density at radius 3 is 2.74 bits per heavy atom. The van der Waals surface area contributed by atoms with Gasteiger partial charge in [-0.1, -0.05) is 66.7 Å². The number of carbonyl (C=O) groups is 1. The summed E-state index contributed by atoms with van der Waals surface area (Å²) in [6.45, 7) is 4.85. The predicted molar refractivity (Wildman–Crippen MR) is 228 cm³/mol. The molecule has 1 saturated heterocycles. The minimum atomic E-state index is -0.455. The highest BCUT2D eigenvalue weighted by atomic mass is 16.6. The zero-order valence-electron chi connectivity index (χ0n) is 33.3. The number of carbonyl (C=O) groups excluding carboxylic acids is 1. The summed E-state index contributed by atoms with van der Waals surface area (Å²) in [7, 11) is 0. The fourth-order valence-electron chi connectivity index (χ4n) is 9.26. The second kappa shape index (κ2) is 19.7. The van der Waals surface area contributed by atoms with Crippen LogP contribution >= 0.6 is 0 Å². The van der Waals surface area contributed by atoms with E-state index in [9.17, 15) is 20.1 Å². The molecule has 1 unspecified atom stereocenters. The number of aromatic nitrogens is 2. The van der Waals surface area contributed by atoms with Crippen molar-refractivity contribution < 1.29 is 24.9 Å². The number of esters is 1. The molecule has 4 N–H and O–H groups in total. The van der Waals surface area contributed by atoms with Gasteiger partial charge in [0.2, 0.25) is 0 Å². The number of allylic oxidation sites excluding steroid dienone is 2. The van der Waals surface area contributed by atoms with Crippen LogP contribution in [0.4, 0.5) is 5.69 Å². The van der Waals surface area contributed by atoms with Crippen molar-refractivity contribution in [3.8, 4) is 0 Å². The van der Waals surface area contributed by atoms with E-state index >= 15 is 0 Å². The molecule has 0 bridgehead atoms. The quantitative estimate of drug-likeness (QED) is 0.0375. The monoisotopic (exact) mass is 772 g/mol. The Hall–Kier alpha value is -4.54. The molecule has 5 aromatic rings. The molecule has 9 heteroatoms. The number of benzene rings is 3. The van der Waals surface area contributed by atoms with Gasteiger partial charge in [0.05, 0.1) is 17.7 Å². The van der Waals surface area contributed by atoms with E-state index in [2.05, 4.69) is 88.0 Å². The minimum absolute atomic E-state index is 0.0582. The Balaban J connectivity index is 0.837. The molecule has 0 radical (unpaired) electrons. The van der Waals surface area contributed by atoms with Crippen LogP contribution in [0.1, 0.15) is 82.1 Å². The van der Waals surface area contributed by atoms with Gasteiger partial charge < -0.3 is 29.9 Å². The summed E-state index contributed by atoms with van der Waals surface area (Å²) in [5, 5.41) is 38.8. The van der Waals surface area contributed by atoms with Crippen LogP contribution in [0, 0.1) is 17.8 Å². The molecule has 7 atom stereocenters. The molecule has 1 saturated carbocycles. The standard InChI is InChI=1S/C48H60N4O5/c1-34(52-27-23-37-18-16-36(28-46(37)52)31-51-26-24-40(32-51)50-45-14-9-12-38-30-49-25-22-43(38)45)57-48(56)15-8-3-2-7-13-42-39(33-53)29-47(55)44(42)21-20-41(54)19-17-35-10-5-4-6-11-35/h2,4-7,9-12,14,16,18,22-23,25,27-28,30,34,39-42,44,47,50,53-55H,3,8,13,15,17,19-21,24,26,29,31-33H2,1H3/b7-2-/t34?,39-,40-,41+,42+,44-,47-/m1/s1. The maximum atomic E-state index is 12.9. The maximum absolute atomic E-state index is 12.9. The molecule has 2 aliphatic rings. The summed E-state index contributed by atoms with van der Waals surface area (Å²) in [5.74, 6) is 0.0819. The number of hydrogen-bond acceptors (Lipinski definition) is 8. The molecule has 57 heavy (non-hydrogen) atoms. The molecule has 0 spiro atoms. The normalized spacial score (nSPS) is 22.4. The van der Waals surface area contributed by atoms with Gasteiger partial charge in [-0.15, -0.1) is 0 Å². The summed E-state index contributed by atoms with van der Waals surface area (Å²) in [6.07, 6.45) is 15.9. The van der Waals surface area contributed by atoms with Crippen LogP contribution in [0.5, 0.6) is 0 Å². The molecule has 9 nitrogen and oxygen atoms in total. The van der Waals surface area contributed by atoms with Crippen LogP contribution in [0.2, 0.25) is 0 Å². The zero-order valence-corrected chi connectivity index (χ0v) is 33.3. The van der Waals surface area contributed by atoms with Crippen LogP contribution in [0.25, 0.3) is 21.7 Å². The largest absolute Gasteiger partial charge is 0.441 e. The predicted octanol–water partition coefficient (Wildman–Crippen LogP) is 8.43. The first-order valence-electron chi connectivity index (χ1n) is 21.1. The number of rotatable bonds is 19. The summed E-state index contributed by atoms with van der Waals surface area (Å²) >= 11 is 0. The van der Waals surface area contributed by atoms with Crippen molar-refractivity contribution in [3.63, 3.8) is 0 Å². The van der Waals surface area contributed by atoms with E-state index in [1.165, 1.54) is 16.5 Å². The Bertz CT molecular complexity index is 2060. The lowest BCUT2D eigenvalue weighted by atomic mass is 9.83. The molecular weight excluding hydrogens is 713 g/mol. The number of pyridine rings is 1. The van der Waals surface area contributed by atoms with Gasteiger partial charge in [0.1, 0.15) is 0 Å². The van der Waals surface area contributed by atoms with Crippen LogP contribution in [-0.4, -0.2) is 73.7 Å². The number of likely N-dealkylation sites (tertiary alicyclic amines) is 1. The van der Waals surface area contributed by atoms with Crippen molar-refractivity contribution in [2.24, 2.45) is 17.8 Å². The van der Waals surface area contributed by atoms with Gasteiger partial charge in [-0.3, -0.25) is 14.7 Å². The van der Waals surface area contributed by atoms with Gasteiger partial charge in [0.15, 0.2) is 6.23 Å². The number of aliphatic hydroxyl groups is 3. The summed E-state index contributed by atoms with van der Waals surface area (Å²) < 4.78 is 7.96. The number of unbranched alkanes of at least 4 members (excludes halogenated alkanes) is 1. The maximum Gasteiger partial charge on any atom is 0.307 e. The van der Waals surface area contributed by atoms with Gasteiger partial charge in [-0.05, 0) is 123 Å². The highest BCUT2D eigenvalue weighted by Crippen LogP contribution is 2.42. The SMILES string of the molecule is CC(OC(=O)CCC/C=C\C[C@H]1[C@@H](CO)C[C@@H](O)[C@@H]1CC[C@@H](O)CCc1ccccc1)n1ccc2ccc(CN3CC[C@@H](Nc4cccc5cnccc45)C3)cc21. The van der Waals surface area contributed by atoms with E-state index in [0.29, 0.717) is 38.1 Å². The highest BCUT2D eigenvalue weighted by Gasteiger charge is 2.41. The lowest BCUT2D eigenvalue weighted by Gasteiger charge is -2.25. The van der Waals surface area contributed by atoms with Crippen molar-refractivity contribution in [2.75, 3.05) is 25.0 Å². The van der Waals surface area contributed by atoms with Crippen LogP contribution in [0.15, 0.2) is 110 Å². The second-order valence-electron chi connectivity index (χ2n) is 16.4. The van der Waals surface area contributed by atoms with Crippen molar-refractivity contribution >= 4 is 33.3 Å². The molecule has 1 aliphatic heterocycles. The van der Waals surface area contributed by atoms with Gasteiger partial charge in [-0.2, -0.15) is 0 Å². The first kappa shape index (κ1) is 40.6. The molecule has 7 rings (SSSR count). The minimum Gasteiger partial charge on any atom is -0.441 e. The first-order chi connectivity index (χ1) is 27.8. The van der Waals surface area contributed by atoms with E-state index in [-0.39, 0.29) is 30.3 Å². The topological polar surface area (TPSA) is 120 Å². The Kier molecular flexibility index (Phi) is 14.1. The van der Waals surface area contributed by atoms with E-state index in [4.69, 9.17) is 4.74 Å². The highest BCUT2D eigenvalue weighted by molar-refractivity contribution is 5.93. The Labute approximate surface area is 337 Å². The fourth-order valence-corrected chi connectivity index (χ4v) is 9.26. The summed E-state index contributed by atoms with van der Waals surface area (Å²) in [6, 6.07) is 27.7. The zero-order chi connectivity index (χ0) is 39.6. The van der Waals surface area contributed by atoms with Gasteiger partial charge in [0, 0.05) is 73.8 Å². The summed E-state index contributed by atoms with van der Waals surface area (Å²) in [4.78, 5) is 19.7. The van der Waals surface area contributed by atoms with Crippen LogP contribution in [-0.2, 0) is 22.5 Å². The lowest BCUT2D eigenvalue weighted by molar-refractivity contribution is -0.152. The molecule has 3 aromatic carbocycles. The second-order valence-corrected chi connectivity index (χ2v) is 16.4. The number of ether oxygens (including phenoxy) is 1. The van der Waals surface area contributed by atoms with Crippen molar-refractivity contribution in [3.05, 3.63) is 121 Å². The number of anilines is 1. The first-order valence-corrected chi connectivity index (χ1v) is 21.1. The van der Waals surface area contributed by atoms with Gasteiger partial charge >= 0.3 is 5.97 Å². The molecule has 302 valence electrons. The molecule has 2 aromatic heterocycles. The third-order valence-electron chi connectivity index (χ3n) is 12.4. The number of hydrogen-bond donors (Lipinski definition) is 4. The van der Waals surface area contributed by atoms with Gasteiger partial charge in [-0.25, -0.2) is 0 Å². The molecular formula is C48H60N4O5. The number of aryl methyl sites for hydroxylation is 1. The van der Waals surface area contributed by atoms with E-state index in [1.54, 1.807) is 0 Å². The van der Waals surface area contributed by atoms with Crippen LogP contribution in [0.3, 0.4) is 0 Å². The number of aliphatic hydroxyl groups excluding tert-OH is 3. The Morgan fingerprint density at radius 1 is 1.00 bits per heavy atom. The average molecular weight is 773 g/mol. The van der Waals surface area contributed by atoms with Crippen molar-refractivity contribution in [1.82, 2.24) is 14.5 Å². The Morgan fingerprint density at radius 2 is 1.88 bits per heavy atom. The molecule has 3 heterocycles. The van der Waals surface area contributed by atoms with Gasteiger partial charge in [0.25, 0.3) is 0 Å². The number of nitrogens with one attached hydrogen (secondary N) is 1. The number of nitrogens with zero attached hydrogens (tertiary/aromatic N) is 3.